The van der Waals surface area contributed by atoms with Gasteiger partial charge >= 0.3 is 5.97 Å². The quantitative estimate of drug-likeness (QED) is 0.0151. The molecule has 82 heavy (non-hydrogen) atoms. The Bertz CT molecular complexity index is 2660. The van der Waals surface area contributed by atoms with E-state index >= 15 is 0 Å². The highest BCUT2D eigenvalue weighted by Gasteiger charge is 2.37. The van der Waals surface area contributed by atoms with Crippen molar-refractivity contribution in [2.75, 3.05) is 32.7 Å². The van der Waals surface area contributed by atoms with Crippen molar-refractivity contribution >= 4 is 75.9 Å². The molecule has 9 amide bonds. The molecule has 0 radical (unpaired) electrons. The molecule has 0 saturated carbocycles. The first-order valence-corrected chi connectivity index (χ1v) is 27.0. The number of aliphatic imine (C=N–C) groups is 1. The number of aliphatic hydroxyl groups excluding tert-OH is 2. The SMILES string of the molecule is CCC[C@H](NC(=O)[C@@H](NC(=O)CN(CCN)C(=O)CNC(=O)[C@@H](NC(=O)[C@@H](NC(=O)[C@H](Cc1cnc[nH]1)NC(=O)[C@H](Cc1cccc2ccccc12)NC(=O)[C@H](C)NC(=O)[C@@H](N)CCCN=C(N)N)[C@@H](C)O)[C@@H](C)O)C(C)CC)C(=O)O. The second-order valence-corrected chi connectivity index (χ2v) is 19.9. The number of aromatic nitrogens is 2. The fourth-order valence-corrected chi connectivity index (χ4v) is 8.37. The van der Waals surface area contributed by atoms with Crippen molar-refractivity contribution < 1.29 is 63.3 Å². The molecule has 1 unspecified atom stereocenters. The molecule has 0 aliphatic rings. The smallest absolute Gasteiger partial charge is 0.326 e. The van der Waals surface area contributed by atoms with Crippen LogP contribution in [-0.4, -0.2) is 189 Å². The zero-order chi connectivity index (χ0) is 61.2. The molecule has 0 aliphatic heterocycles. The molecule has 11 atom stereocenters. The van der Waals surface area contributed by atoms with E-state index in [9.17, 15) is 63.3 Å². The summed E-state index contributed by atoms with van der Waals surface area (Å²) in [5.41, 5.74) is 23.5. The van der Waals surface area contributed by atoms with Gasteiger partial charge in [-0.3, -0.25) is 48.1 Å². The minimum atomic E-state index is -1.85. The Balaban J connectivity index is 1.81. The predicted octanol–water partition coefficient (Wildman–Crippen LogP) is -4.26. The third-order valence-corrected chi connectivity index (χ3v) is 13.2. The van der Waals surface area contributed by atoms with Crippen LogP contribution in [0.2, 0.25) is 0 Å². The molecule has 0 spiro atoms. The van der Waals surface area contributed by atoms with Gasteiger partial charge in [0.05, 0.1) is 37.7 Å². The number of imidazole rings is 1. The second kappa shape index (κ2) is 34.1. The van der Waals surface area contributed by atoms with Crippen LogP contribution >= 0.6 is 0 Å². The monoisotopic (exact) mass is 1150 g/mol. The number of aliphatic hydroxyl groups is 2. The number of guanidine groups is 1. The first kappa shape index (κ1) is 68.0. The Labute approximate surface area is 475 Å². The van der Waals surface area contributed by atoms with E-state index in [-0.39, 0.29) is 51.3 Å². The molecule has 452 valence electrons. The molecule has 20 N–H and O–H groups in total. The van der Waals surface area contributed by atoms with Gasteiger partial charge in [0.25, 0.3) is 0 Å². The van der Waals surface area contributed by atoms with Crippen molar-refractivity contribution in [1.82, 2.24) is 57.4 Å². The molecule has 0 bridgehead atoms. The van der Waals surface area contributed by atoms with Gasteiger partial charge in [-0.25, -0.2) is 9.78 Å². The summed E-state index contributed by atoms with van der Waals surface area (Å²) in [4.78, 5) is 146. The van der Waals surface area contributed by atoms with E-state index in [0.717, 1.165) is 29.5 Å². The minimum Gasteiger partial charge on any atom is -0.480 e. The van der Waals surface area contributed by atoms with Gasteiger partial charge in [0, 0.05) is 44.4 Å². The number of nitrogens with two attached hydrogens (primary N) is 4. The summed E-state index contributed by atoms with van der Waals surface area (Å²) < 4.78 is 0. The van der Waals surface area contributed by atoms with Crippen molar-refractivity contribution in [2.45, 2.75) is 147 Å². The highest BCUT2D eigenvalue weighted by atomic mass is 16.4. The number of nitrogens with one attached hydrogen (secondary N) is 9. The minimum absolute atomic E-state index is 0.119. The van der Waals surface area contributed by atoms with Crippen LogP contribution in [0.4, 0.5) is 0 Å². The average molecular weight is 1150 g/mol. The summed E-state index contributed by atoms with van der Waals surface area (Å²) in [6.45, 7) is 7.37. The summed E-state index contributed by atoms with van der Waals surface area (Å²) in [7, 11) is 0. The van der Waals surface area contributed by atoms with Crippen LogP contribution < -0.4 is 65.5 Å². The molecule has 29 heteroatoms. The highest BCUT2D eigenvalue weighted by Crippen LogP contribution is 2.20. The lowest BCUT2D eigenvalue weighted by molar-refractivity contribution is -0.143. The summed E-state index contributed by atoms with van der Waals surface area (Å²) >= 11 is 0. The molecular formula is C53H82N16O13. The standard InChI is InChI=1S/C53H82N16O13/c1-7-13-37(52(81)82)63-50(79)42(28(3)8-2)66-40(72)26-69(21-19-54)41(73)25-60-49(78)43(30(5)70)68-51(80)44(31(6)71)67-48(77)39(23-34-24-58-27-61-34)65-47(76)38(22-33-16-11-15-32-14-9-10-17-35(32)33)64-45(74)29(4)62-46(75)36(55)18-12-20-59-53(56)57/h9-11,14-17,24,27-31,36-39,42-44,70-71H,7-8,12-13,18-23,25-26,54-55H2,1-6H3,(H,58,61)(H,60,78)(H,62,75)(H,63,79)(H,64,74)(H,65,76)(H,66,72)(H,67,77)(H,68,80)(H,81,82)(H4,56,57,59)/t28?,29-,30+,31+,36-,37-,38-,39-,42-,43-,44-/m0/s1. The van der Waals surface area contributed by atoms with Crippen LogP contribution in [0.5, 0.6) is 0 Å². The lowest BCUT2D eigenvalue weighted by atomic mass is 9.97. The fraction of sp³-hybridized carbons (Fsp3) is 0.547. The molecule has 3 rings (SSSR count). The van der Waals surface area contributed by atoms with Crippen LogP contribution in [0, 0.1) is 5.92 Å². The van der Waals surface area contributed by atoms with Crippen LogP contribution in [0.1, 0.15) is 84.9 Å². The molecule has 3 aromatic rings. The molecular weight excluding hydrogens is 1070 g/mol. The first-order chi connectivity index (χ1) is 38.8. The number of aliphatic carboxylic acids is 1. The number of benzene rings is 2. The number of carbonyl (C=O) groups excluding carboxylic acids is 9. The number of nitrogens with zero attached hydrogens (tertiary/aromatic N) is 3. The van der Waals surface area contributed by atoms with Crippen LogP contribution in [-0.2, 0) is 60.8 Å². The van der Waals surface area contributed by atoms with E-state index in [1.807, 2.05) is 24.3 Å². The topological polar surface area (TPSA) is 476 Å². The molecule has 1 heterocycles. The number of amides is 9. The van der Waals surface area contributed by atoms with Gasteiger partial charge in [0.15, 0.2) is 5.96 Å². The number of hydrogen-bond acceptors (Lipinski definition) is 16. The Hall–Kier alpha value is -8.28. The summed E-state index contributed by atoms with van der Waals surface area (Å²) in [5.74, 6) is -9.81. The van der Waals surface area contributed by atoms with E-state index in [4.69, 9.17) is 22.9 Å². The van der Waals surface area contributed by atoms with E-state index < -0.39 is 139 Å². The third kappa shape index (κ3) is 22.0. The molecule has 0 fully saturated rings. The lowest BCUT2D eigenvalue weighted by Gasteiger charge is -2.29. The molecule has 0 saturated heterocycles. The van der Waals surface area contributed by atoms with E-state index in [0.29, 0.717) is 30.5 Å². The summed E-state index contributed by atoms with van der Waals surface area (Å²) in [6.07, 6.45) is 0.554. The summed E-state index contributed by atoms with van der Waals surface area (Å²) in [6, 6.07) is 1.48. The maximum atomic E-state index is 14.5. The van der Waals surface area contributed by atoms with Gasteiger partial charge in [-0.2, -0.15) is 0 Å². The zero-order valence-electron chi connectivity index (χ0n) is 47.1. The lowest BCUT2D eigenvalue weighted by Crippen LogP contribution is -2.62. The van der Waals surface area contributed by atoms with Crippen molar-refractivity contribution in [3.63, 3.8) is 0 Å². The molecule has 29 nitrogen and oxygen atoms in total. The number of carboxylic acid groups (broad SMARTS) is 1. The number of carbonyl (C=O) groups is 10. The van der Waals surface area contributed by atoms with Gasteiger partial charge in [0.2, 0.25) is 53.2 Å². The average Bonchev–Trinajstić information content (AvgIpc) is 4.03. The van der Waals surface area contributed by atoms with Crippen molar-refractivity contribution in [1.29, 1.82) is 0 Å². The summed E-state index contributed by atoms with van der Waals surface area (Å²) in [5, 5.41) is 52.6. The molecule has 1 aromatic heterocycles. The Morgan fingerprint density at radius 1 is 0.695 bits per heavy atom. The normalized spacial score (nSPS) is 15.1. The van der Waals surface area contributed by atoms with Crippen molar-refractivity contribution in [3.8, 4) is 0 Å². The van der Waals surface area contributed by atoms with E-state index in [1.54, 1.807) is 39.0 Å². The largest absolute Gasteiger partial charge is 0.480 e. The van der Waals surface area contributed by atoms with Crippen LogP contribution in [0.3, 0.4) is 0 Å². The Morgan fingerprint density at radius 3 is 1.90 bits per heavy atom. The van der Waals surface area contributed by atoms with Crippen LogP contribution in [0.15, 0.2) is 60.0 Å². The maximum absolute atomic E-state index is 14.5. The number of carboxylic acids is 1. The number of aromatic amines is 1. The second-order valence-electron chi connectivity index (χ2n) is 19.9. The fourth-order valence-electron chi connectivity index (χ4n) is 8.37. The van der Waals surface area contributed by atoms with Gasteiger partial charge in [-0.1, -0.05) is 76.1 Å². The van der Waals surface area contributed by atoms with E-state index in [2.05, 4.69) is 57.5 Å². The van der Waals surface area contributed by atoms with Crippen molar-refractivity contribution in [3.05, 3.63) is 66.2 Å². The van der Waals surface area contributed by atoms with Gasteiger partial charge in [-0.15, -0.1) is 0 Å². The van der Waals surface area contributed by atoms with Crippen LogP contribution in [0.25, 0.3) is 10.8 Å². The van der Waals surface area contributed by atoms with Gasteiger partial charge in [-0.05, 0) is 62.3 Å². The zero-order valence-corrected chi connectivity index (χ0v) is 47.1. The number of fused-ring (bicyclic) bond motifs is 1. The number of H-pyrrole nitrogens is 1. The molecule has 2 aromatic carbocycles. The molecule has 0 aliphatic carbocycles. The van der Waals surface area contributed by atoms with E-state index in [1.165, 1.54) is 19.4 Å². The Kier molecular flexibility index (Phi) is 28.3. The highest BCUT2D eigenvalue weighted by molar-refractivity contribution is 5.98. The third-order valence-electron chi connectivity index (χ3n) is 13.2. The van der Waals surface area contributed by atoms with Gasteiger partial charge < -0.3 is 90.7 Å². The number of rotatable bonds is 35. The Morgan fingerprint density at radius 2 is 1.29 bits per heavy atom. The first-order valence-electron chi connectivity index (χ1n) is 27.0. The maximum Gasteiger partial charge on any atom is 0.326 e. The van der Waals surface area contributed by atoms with Crippen molar-refractivity contribution in [2.24, 2.45) is 33.8 Å². The van der Waals surface area contributed by atoms with Gasteiger partial charge in [0.1, 0.15) is 42.3 Å². The number of hydrogen-bond donors (Lipinski definition) is 16. The predicted molar refractivity (Wildman–Crippen MR) is 301 cm³/mol.